The zero-order chi connectivity index (χ0) is 16.7. The maximum atomic E-state index is 13.5. The van der Waals surface area contributed by atoms with Gasteiger partial charge in [0.15, 0.2) is 0 Å². The van der Waals surface area contributed by atoms with Crippen molar-refractivity contribution in [2.45, 2.75) is 32.7 Å². The minimum absolute atomic E-state index is 0. The van der Waals surface area contributed by atoms with E-state index < -0.39 is 0 Å². The Kier molecular flexibility index (Phi) is 9.26. The van der Waals surface area contributed by atoms with Crippen LogP contribution in [-0.4, -0.2) is 55.0 Å². The lowest BCUT2D eigenvalue weighted by Gasteiger charge is -2.37. The highest BCUT2D eigenvalue weighted by Gasteiger charge is 2.27. The summed E-state index contributed by atoms with van der Waals surface area (Å²) in [6.45, 7) is 8.63. The molecule has 0 aliphatic carbocycles. The Morgan fingerprint density at radius 3 is 2.67 bits per heavy atom. The van der Waals surface area contributed by atoms with E-state index in [1.807, 2.05) is 11.0 Å². The van der Waals surface area contributed by atoms with Crippen LogP contribution in [0.3, 0.4) is 0 Å². The van der Waals surface area contributed by atoms with E-state index in [0.717, 1.165) is 51.1 Å². The van der Waals surface area contributed by atoms with Crippen molar-refractivity contribution < 1.29 is 9.18 Å². The molecule has 1 fully saturated rings. The summed E-state index contributed by atoms with van der Waals surface area (Å²) in [4.78, 5) is 16.7. The monoisotopic (exact) mass is 357 g/mol. The predicted molar refractivity (Wildman–Crippen MR) is 98.0 cm³/mol. The van der Waals surface area contributed by atoms with Crippen LogP contribution in [0.5, 0.6) is 0 Å². The van der Waals surface area contributed by atoms with Gasteiger partial charge >= 0.3 is 0 Å². The summed E-state index contributed by atoms with van der Waals surface area (Å²) >= 11 is 0. The quantitative estimate of drug-likeness (QED) is 0.815. The fourth-order valence-electron chi connectivity index (χ4n) is 3.15. The van der Waals surface area contributed by atoms with Gasteiger partial charge in [0.25, 0.3) is 0 Å². The molecule has 2 rings (SSSR count). The molecule has 1 atom stereocenters. The maximum absolute atomic E-state index is 13.5. The van der Waals surface area contributed by atoms with Gasteiger partial charge in [0, 0.05) is 38.8 Å². The van der Waals surface area contributed by atoms with E-state index in [1.165, 1.54) is 6.07 Å². The van der Waals surface area contributed by atoms with Gasteiger partial charge in [-0.2, -0.15) is 0 Å². The van der Waals surface area contributed by atoms with Gasteiger partial charge in [-0.1, -0.05) is 26.0 Å². The molecule has 0 aromatic heterocycles. The van der Waals surface area contributed by atoms with E-state index in [-0.39, 0.29) is 30.2 Å². The van der Waals surface area contributed by atoms with Crippen molar-refractivity contribution in [1.82, 2.24) is 15.1 Å². The summed E-state index contributed by atoms with van der Waals surface area (Å²) in [6, 6.07) is 6.76. The number of amides is 1. The summed E-state index contributed by atoms with van der Waals surface area (Å²) in [5.74, 6) is -0.0463. The molecule has 1 amide bonds. The Morgan fingerprint density at radius 2 is 2.04 bits per heavy atom. The highest BCUT2D eigenvalue weighted by molar-refractivity contribution is 5.85. The van der Waals surface area contributed by atoms with E-state index in [4.69, 9.17) is 0 Å². The summed E-state index contributed by atoms with van der Waals surface area (Å²) in [5.41, 5.74) is 0.933. The van der Waals surface area contributed by atoms with Gasteiger partial charge in [0.1, 0.15) is 5.82 Å². The summed E-state index contributed by atoms with van der Waals surface area (Å²) < 4.78 is 13.5. The molecule has 0 bridgehead atoms. The lowest BCUT2D eigenvalue weighted by Crippen LogP contribution is -2.50. The van der Waals surface area contributed by atoms with Crippen LogP contribution < -0.4 is 5.32 Å². The van der Waals surface area contributed by atoms with E-state index in [2.05, 4.69) is 24.1 Å². The third kappa shape index (κ3) is 5.72. The third-order valence-corrected chi connectivity index (χ3v) is 4.27. The maximum Gasteiger partial charge on any atom is 0.236 e. The minimum atomic E-state index is -0.224. The zero-order valence-corrected chi connectivity index (χ0v) is 15.4. The second kappa shape index (κ2) is 10.6. The zero-order valence-electron chi connectivity index (χ0n) is 14.6. The van der Waals surface area contributed by atoms with Crippen molar-refractivity contribution in [3.63, 3.8) is 0 Å². The molecule has 0 spiro atoms. The molecule has 1 unspecified atom stereocenters. The molecule has 0 radical (unpaired) electrons. The van der Waals surface area contributed by atoms with E-state index >= 15 is 0 Å². The fourth-order valence-corrected chi connectivity index (χ4v) is 3.15. The molecule has 1 aliphatic heterocycles. The number of carbonyl (C=O) groups is 1. The fraction of sp³-hybridized carbons (Fsp3) is 0.611. The van der Waals surface area contributed by atoms with Crippen molar-refractivity contribution in [2.24, 2.45) is 0 Å². The van der Waals surface area contributed by atoms with Gasteiger partial charge in [0.2, 0.25) is 5.91 Å². The van der Waals surface area contributed by atoms with Crippen LogP contribution in [0.25, 0.3) is 0 Å². The lowest BCUT2D eigenvalue weighted by molar-refractivity contribution is -0.133. The molecule has 1 aromatic rings. The van der Waals surface area contributed by atoms with Gasteiger partial charge < -0.3 is 10.2 Å². The molecular formula is C18H29ClFN3O. The van der Waals surface area contributed by atoms with E-state index in [1.54, 1.807) is 12.1 Å². The Morgan fingerprint density at radius 1 is 1.33 bits per heavy atom. The molecule has 0 saturated carbocycles. The summed E-state index contributed by atoms with van der Waals surface area (Å²) in [7, 11) is 0. The number of hydrogen-bond acceptors (Lipinski definition) is 3. The second-order valence-electron chi connectivity index (χ2n) is 6.13. The number of piperazine rings is 1. The van der Waals surface area contributed by atoms with Crippen LogP contribution in [-0.2, 0) is 4.79 Å². The van der Waals surface area contributed by atoms with E-state index in [0.29, 0.717) is 6.54 Å². The van der Waals surface area contributed by atoms with Crippen molar-refractivity contribution in [2.75, 3.05) is 39.3 Å². The number of nitrogens with one attached hydrogen (secondary N) is 1. The van der Waals surface area contributed by atoms with Crippen molar-refractivity contribution >= 4 is 18.3 Å². The highest BCUT2D eigenvalue weighted by Crippen LogP contribution is 2.22. The molecule has 1 saturated heterocycles. The SMILES string of the molecule is CCCN(CCC)C(=O)CN1CCNCC1c1cccc(F)c1.Cl. The topological polar surface area (TPSA) is 35.6 Å². The molecule has 136 valence electrons. The first-order valence-corrected chi connectivity index (χ1v) is 8.63. The van der Waals surface area contributed by atoms with Gasteiger partial charge in [-0.05, 0) is 30.5 Å². The molecule has 1 N–H and O–H groups in total. The van der Waals surface area contributed by atoms with Crippen molar-refractivity contribution in [3.05, 3.63) is 35.6 Å². The third-order valence-electron chi connectivity index (χ3n) is 4.27. The smallest absolute Gasteiger partial charge is 0.236 e. The average molecular weight is 358 g/mol. The van der Waals surface area contributed by atoms with E-state index in [9.17, 15) is 9.18 Å². The Labute approximate surface area is 150 Å². The minimum Gasteiger partial charge on any atom is -0.342 e. The molecule has 1 heterocycles. The average Bonchev–Trinajstić information content (AvgIpc) is 2.55. The van der Waals surface area contributed by atoms with Crippen LogP contribution in [0.15, 0.2) is 24.3 Å². The van der Waals surface area contributed by atoms with Crippen molar-refractivity contribution in [3.8, 4) is 0 Å². The van der Waals surface area contributed by atoms with Gasteiger partial charge in [-0.3, -0.25) is 9.69 Å². The normalized spacial score (nSPS) is 18.0. The van der Waals surface area contributed by atoms with Crippen LogP contribution >= 0.6 is 12.4 Å². The predicted octanol–water partition coefficient (Wildman–Crippen LogP) is 2.84. The van der Waals surface area contributed by atoms with Crippen LogP contribution in [0.1, 0.15) is 38.3 Å². The molecule has 1 aromatic carbocycles. The number of rotatable bonds is 7. The van der Waals surface area contributed by atoms with Crippen molar-refractivity contribution in [1.29, 1.82) is 0 Å². The standard InChI is InChI=1S/C18H28FN3O.ClH/c1-3-9-21(10-4-2)18(23)14-22-11-8-20-13-17(22)15-6-5-7-16(19)12-15;/h5-7,12,17,20H,3-4,8-11,13-14H2,1-2H3;1H. The summed E-state index contributed by atoms with van der Waals surface area (Å²) in [5, 5.41) is 3.35. The van der Waals surface area contributed by atoms with Gasteiger partial charge in [-0.15, -0.1) is 12.4 Å². The van der Waals surface area contributed by atoms with Crippen LogP contribution in [0.4, 0.5) is 4.39 Å². The Balaban J connectivity index is 0.00000288. The van der Waals surface area contributed by atoms with Gasteiger partial charge in [0.05, 0.1) is 6.54 Å². The molecule has 24 heavy (non-hydrogen) atoms. The van der Waals surface area contributed by atoms with Crippen LogP contribution in [0, 0.1) is 5.82 Å². The Hall–Kier alpha value is -1.17. The first kappa shape index (κ1) is 20.9. The number of hydrogen-bond donors (Lipinski definition) is 1. The molecule has 1 aliphatic rings. The molecular weight excluding hydrogens is 329 g/mol. The number of nitrogens with zero attached hydrogens (tertiary/aromatic N) is 2. The second-order valence-corrected chi connectivity index (χ2v) is 6.13. The largest absolute Gasteiger partial charge is 0.342 e. The lowest BCUT2D eigenvalue weighted by atomic mass is 10.0. The first-order chi connectivity index (χ1) is 11.2. The molecule has 4 nitrogen and oxygen atoms in total. The Bertz CT molecular complexity index is 509. The van der Waals surface area contributed by atoms with Gasteiger partial charge in [-0.25, -0.2) is 4.39 Å². The first-order valence-electron chi connectivity index (χ1n) is 8.63. The highest BCUT2D eigenvalue weighted by atomic mass is 35.5. The molecule has 6 heteroatoms. The van der Waals surface area contributed by atoms with Crippen LogP contribution in [0.2, 0.25) is 0 Å². The number of carbonyl (C=O) groups excluding carboxylic acids is 1. The number of halogens is 2. The summed E-state index contributed by atoms with van der Waals surface area (Å²) in [6.07, 6.45) is 1.95. The number of benzene rings is 1.